The number of hydrogen-bond donors (Lipinski definition) is 2. The molecule has 0 heterocycles. The van der Waals surface area contributed by atoms with Gasteiger partial charge in [0.2, 0.25) is 0 Å². The van der Waals surface area contributed by atoms with Crippen LogP contribution in [0.3, 0.4) is 0 Å². The van der Waals surface area contributed by atoms with Crippen LogP contribution in [0.15, 0.2) is 12.2 Å². The molecule has 0 aromatic carbocycles. The van der Waals surface area contributed by atoms with Crippen molar-refractivity contribution in [2.75, 3.05) is 6.54 Å². The van der Waals surface area contributed by atoms with Crippen LogP contribution in [0.5, 0.6) is 0 Å². The van der Waals surface area contributed by atoms with E-state index < -0.39 is 40.5 Å². The van der Waals surface area contributed by atoms with E-state index in [1.807, 2.05) is 12.2 Å². The molecule has 0 spiro atoms. The second kappa shape index (κ2) is 16.7. The molecule has 0 aliphatic heterocycles. The molecule has 7 heteroatoms. The van der Waals surface area contributed by atoms with E-state index in [-0.39, 0.29) is 6.54 Å². The Morgan fingerprint density at radius 3 is 1.53 bits per heavy atom. The number of rotatable bonds is 20. The van der Waals surface area contributed by atoms with Crippen LogP contribution in [0, 0.1) is 0 Å². The molecule has 0 aromatic heterocycles. The summed E-state index contributed by atoms with van der Waals surface area (Å²) in [6.07, 6.45) is 18.0. The number of allylic oxidation sites excluding steroid dienone is 1. The van der Waals surface area contributed by atoms with Crippen molar-refractivity contribution in [2.24, 2.45) is 0 Å². The second-order valence-electron chi connectivity index (χ2n) is 8.97. The van der Waals surface area contributed by atoms with E-state index in [0.717, 1.165) is 12.8 Å². The number of quaternary nitrogens is 1. The van der Waals surface area contributed by atoms with E-state index in [0.29, 0.717) is 6.42 Å². The van der Waals surface area contributed by atoms with Gasteiger partial charge in [-0.2, -0.15) is 0 Å². The molecule has 32 heavy (non-hydrogen) atoms. The van der Waals surface area contributed by atoms with Gasteiger partial charge in [-0.3, -0.25) is 4.48 Å². The highest BCUT2D eigenvalue weighted by Crippen LogP contribution is 2.26. The Kier molecular flexibility index (Phi) is 15.7. The van der Waals surface area contributed by atoms with Gasteiger partial charge in [0.1, 0.15) is 6.04 Å². The van der Waals surface area contributed by atoms with Gasteiger partial charge in [-0.15, -0.1) is 0 Å². The normalized spacial score (nSPS) is 16.4. The maximum Gasteiger partial charge on any atom is 0.362 e. The van der Waals surface area contributed by atoms with Crippen molar-refractivity contribution in [1.29, 1.82) is 0 Å². The minimum absolute atomic E-state index is 0.102. The van der Waals surface area contributed by atoms with Crippen LogP contribution in [0.25, 0.3) is 0 Å². The Labute approximate surface area is 194 Å². The first-order valence-corrected chi connectivity index (χ1v) is 12.3. The molecule has 3 unspecified atom stereocenters. The summed E-state index contributed by atoms with van der Waals surface area (Å²) in [5.41, 5.74) is 0. The Bertz CT molecular complexity index is 539. The molecule has 0 aliphatic rings. The van der Waals surface area contributed by atoms with E-state index in [9.17, 15) is 29.7 Å². The summed E-state index contributed by atoms with van der Waals surface area (Å²) in [6, 6.07) is -3.64. The lowest BCUT2D eigenvalue weighted by Crippen LogP contribution is -2.71. The summed E-state index contributed by atoms with van der Waals surface area (Å²) in [7, 11) is 0. The molecule has 7 nitrogen and oxygen atoms in total. The molecule has 0 amide bonds. The fourth-order valence-electron chi connectivity index (χ4n) is 4.48. The summed E-state index contributed by atoms with van der Waals surface area (Å²) in [5.74, 6) is -3.89. The minimum Gasteiger partial charge on any atom is -0.544 e. The SMILES string of the molecule is CCCCCCCCCCCC/C=C/CC[N+](C(C)C(=O)[O-])(C(C)C(=O)O)C(C)C(=O)O. The maximum absolute atomic E-state index is 11.7. The number of unbranched alkanes of at least 4 members (excludes halogenated alkanes) is 10. The number of hydrogen-bond acceptors (Lipinski definition) is 4. The molecule has 0 saturated carbocycles. The van der Waals surface area contributed by atoms with Crippen LogP contribution < -0.4 is 5.11 Å². The van der Waals surface area contributed by atoms with Crippen molar-refractivity contribution >= 4 is 17.9 Å². The molecule has 2 N–H and O–H groups in total. The number of carbonyl (C=O) groups is 3. The number of aliphatic carboxylic acids is 3. The van der Waals surface area contributed by atoms with Crippen molar-refractivity contribution in [3.8, 4) is 0 Å². The predicted octanol–water partition coefficient (Wildman–Crippen LogP) is 4.15. The van der Waals surface area contributed by atoms with Crippen LogP contribution in [0.1, 0.15) is 105 Å². The van der Waals surface area contributed by atoms with E-state index in [1.165, 1.54) is 78.6 Å². The number of carboxylic acid groups (broad SMARTS) is 3. The molecule has 3 atom stereocenters. The van der Waals surface area contributed by atoms with E-state index in [1.54, 1.807) is 0 Å². The summed E-state index contributed by atoms with van der Waals surface area (Å²) in [6.45, 7) is 6.40. The molecule has 0 rings (SSSR count). The van der Waals surface area contributed by atoms with E-state index in [4.69, 9.17) is 0 Å². The average Bonchev–Trinajstić information content (AvgIpc) is 2.75. The minimum atomic E-state index is -1.44. The zero-order valence-electron chi connectivity index (χ0n) is 20.6. The number of carboxylic acids is 3. The molecule has 0 radical (unpaired) electrons. The largest absolute Gasteiger partial charge is 0.544 e. The molecule has 0 bridgehead atoms. The fourth-order valence-corrected chi connectivity index (χ4v) is 4.48. The fraction of sp³-hybridized carbons (Fsp3) is 0.800. The topological polar surface area (TPSA) is 115 Å². The zero-order chi connectivity index (χ0) is 24.6. The first-order valence-electron chi connectivity index (χ1n) is 12.3. The third kappa shape index (κ3) is 10.2. The monoisotopic (exact) mass is 455 g/mol. The quantitative estimate of drug-likeness (QED) is 0.162. The third-order valence-corrected chi connectivity index (χ3v) is 6.79. The van der Waals surface area contributed by atoms with Gasteiger partial charge in [0.15, 0.2) is 12.1 Å². The summed E-state index contributed by atoms with van der Waals surface area (Å²) >= 11 is 0. The van der Waals surface area contributed by atoms with Gasteiger partial charge in [0.25, 0.3) is 0 Å². The Balaban J connectivity index is 4.61. The van der Waals surface area contributed by atoms with E-state index >= 15 is 0 Å². The van der Waals surface area contributed by atoms with Gasteiger partial charge in [0.05, 0.1) is 12.5 Å². The van der Waals surface area contributed by atoms with Crippen molar-refractivity contribution in [2.45, 2.75) is 123 Å². The number of nitrogens with zero attached hydrogens (tertiary/aromatic N) is 1. The predicted molar refractivity (Wildman–Crippen MR) is 124 cm³/mol. The van der Waals surface area contributed by atoms with Gasteiger partial charge in [0, 0.05) is 6.42 Å². The van der Waals surface area contributed by atoms with Crippen molar-refractivity contribution < 1.29 is 34.2 Å². The first-order chi connectivity index (χ1) is 15.1. The molecule has 0 fully saturated rings. The highest BCUT2D eigenvalue weighted by Gasteiger charge is 2.50. The zero-order valence-corrected chi connectivity index (χ0v) is 20.6. The molecular weight excluding hydrogens is 410 g/mol. The third-order valence-electron chi connectivity index (χ3n) is 6.79. The maximum atomic E-state index is 11.7. The van der Waals surface area contributed by atoms with Gasteiger partial charge < -0.3 is 20.1 Å². The average molecular weight is 456 g/mol. The Morgan fingerprint density at radius 1 is 0.719 bits per heavy atom. The first kappa shape index (κ1) is 30.1. The lowest BCUT2D eigenvalue weighted by Gasteiger charge is -2.49. The van der Waals surface area contributed by atoms with Crippen LogP contribution in [0.2, 0.25) is 0 Å². The lowest BCUT2D eigenvalue weighted by atomic mass is 10.0. The molecule has 0 aliphatic carbocycles. The molecule has 0 saturated heterocycles. The summed E-state index contributed by atoms with van der Waals surface area (Å²) in [4.78, 5) is 35.0. The lowest BCUT2D eigenvalue weighted by molar-refractivity contribution is -0.969. The van der Waals surface area contributed by atoms with Crippen LogP contribution in [-0.4, -0.2) is 57.3 Å². The van der Waals surface area contributed by atoms with Crippen molar-refractivity contribution in [1.82, 2.24) is 0 Å². The van der Waals surface area contributed by atoms with Gasteiger partial charge >= 0.3 is 11.9 Å². The van der Waals surface area contributed by atoms with Gasteiger partial charge in [-0.1, -0.05) is 76.9 Å². The second-order valence-corrected chi connectivity index (χ2v) is 8.97. The van der Waals surface area contributed by atoms with E-state index in [2.05, 4.69) is 6.92 Å². The van der Waals surface area contributed by atoms with Crippen LogP contribution >= 0.6 is 0 Å². The highest BCUT2D eigenvalue weighted by atomic mass is 16.4. The molecule has 186 valence electrons. The number of carbonyl (C=O) groups excluding carboxylic acids is 1. The van der Waals surface area contributed by atoms with Crippen LogP contribution in [0.4, 0.5) is 0 Å². The van der Waals surface area contributed by atoms with Crippen molar-refractivity contribution in [3.05, 3.63) is 12.2 Å². The Hall–Kier alpha value is -1.89. The Morgan fingerprint density at radius 2 is 1.12 bits per heavy atom. The van der Waals surface area contributed by atoms with Gasteiger partial charge in [-0.25, -0.2) is 9.59 Å². The molecule has 0 aromatic rings. The van der Waals surface area contributed by atoms with Crippen LogP contribution in [-0.2, 0) is 14.4 Å². The molecular formula is C25H45NO6. The van der Waals surface area contributed by atoms with Gasteiger partial charge in [-0.05, 0) is 33.6 Å². The van der Waals surface area contributed by atoms with Crippen molar-refractivity contribution in [3.63, 3.8) is 0 Å². The smallest absolute Gasteiger partial charge is 0.362 e. The summed E-state index contributed by atoms with van der Waals surface area (Å²) in [5, 5.41) is 30.7. The standard InChI is InChI=1S/C25H45NO6/c1-5-6-7-8-9-10-11-12-13-14-15-16-17-18-19-26(20(2)23(27)28,21(3)24(29)30)22(4)25(31)32/h16-17,20-22H,5-15,18-19H2,1-4H3,(H2-,27,28,29,30,31,32)/b17-16+. The summed E-state index contributed by atoms with van der Waals surface area (Å²) < 4.78 is -0.588. The highest BCUT2D eigenvalue weighted by molar-refractivity contribution is 5.76.